The van der Waals surface area contributed by atoms with E-state index in [0.717, 1.165) is 15.6 Å². The molecule has 0 aromatic heterocycles. The summed E-state index contributed by atoms with van der Waals surface area (Å²) in [5.41, 5.74) is 1.81. The van der Waals surface area contributed by atoms with Crippen molar-refractivity contribution in [2.24, 2.45) is 5.16 Å². The zero-order valence-electron chi connectivity index (χ0n) is 10.4. The zero-order chi connectivity index (χ0) is 14.4. The van der Waals surface area contributed by atoms with E-state index in [9.17, 15) is 10.1 Å². The van der Waals surface area contributed by atoms with Crippen molar-refractivity contribution >= 4 is 27.8 Å². The molecule has 5 nitrogen and oxygen atoms in total. The monoisotopic (exact) mass is 334 g/mol. The lowest BCUT2D eigenvalue weighted by molar-refractivity contribution is -0.384. The topological polar surface area (TPSA) is 64.7 Å². The van der Waals surface area contributed by atoms with Crippen LogP contribution in [0.1, 0.15) is 11.1 Å². The number of hydrogen-bond acceptors (Lipinski definition) is 4. The van der Waals surface area contributed by atoms with Crippen molar-refractivity contribution in [3.8, 4) is 0 Å². The van der Waals surface area contributed by atoms with Crippen molar-refractivity contribution in [2.45, 2.75) is 6.61 Å². The summed E-state index contributed by atoms with van der Waals surface area (Å²) >= 11 is 3.35. The smallest absolute Gasteiger partial charge is 0.269 e. The molecule has 0 saturated heterocycles. The van der Waals surface area contributed by atoms with Crippen LogP contribution in [0.25, 0.3) is 0 Å². The minimum absolute atomic E-state index is 0.0621. The van der Waals surface area contributed by atoms with Gasteiger partial charge in [-0.3, -0.25) is 10.1 Å². The molecule has 2 aromatic rings. The molecule has 0 aliphatic heterocycles. The van der Waals surface area contributed by atoms with Gasteiger partial charge >= 0.3 is 0 Å². The molecule has 0 fully saturated rings. The van der Waals surface area contributed by atoms with Gasteiger partial charge in [0.15, 0.2) is 0 Å². The molecule has 20 heavy (non-hydrogen) atoms. The number of nitro benzene ring substituents is 1. The van der Waals surface area contributed by atoms with Crippen molar-refractivity contribution in [2.75, 3.05) is 0 Å². The van der Waals surface area contributed by atoms with Gasteiger partial charge in [0.25, 0.3) is 5.69 Å². The number of rotatable bonds is 5. The molecular weight excluding hydrogens is 324 g/mol. The summed E-state index contributed by atoms with van der Waals surface area (Å²) in [5, 5.41) is 14.4. The Hall–Kier alpha value is -2.21. The normalized spacial score (nSPS) is 10.7. The number of oxime groups is 1. The molecule has 0 atom stereocenters. The van der Waals surface area contributed by atoms with Gasteiger partial charge in [-0.05, 0) is 35.4 Å². The predicted molar refractivity (Wildman–Crippen MR) is 79.6 cm³/mol. The SMILES string of the molecule is O=[N+]([O-])c1ccc(CO/N=C\c2ccc(Br)cc2)cc1. The fourth-order valence-electron chi connectivity index (χ4n) is 1.47. The Bertz CT molecular complexity index is 609. The van der Waals surface area contributed by atoms with Crippen molar-refractivity contribution in [1.29, 1.82) is 0 Å². The summed E-state index contributed by atoms with van der Waals surface area (Å²) in [6.45, 7) is 0.269. The van der Waals surface area contributed by atoms with Gasteiger partial charge in [-0.1, -0.05) is 33.2 Å². The average Bonchev–Trinajstić information content (AvgIpc) is 2.46. The van der Waals surface area contributed by atoms with Crippen LogP contribution in [0, 0.1) is 10.1 Å². The Morgan fingerprint density at radius 1 is 1.15 bits per heavy atom. The molecule has 6 heteroatoms. The third-order valence-corrected chi connectivity index (χ3v) is 3.05. The van der Waals surface area contributed by atoms with Crippen LogP contribution in [0.15, 0.2) is 58.2 Å². The highest BCUT2D eigenvalue weighted by Gasteiger charge is 2.03. The number of nitrogens with zero attached hydrogens (tertiary/aromatic N) is 2. The van der Waals surface area contributed by atoms with E-state index in [-0.39, 0.29) is 12.3 Å². The van der Waals surface area contributed by atoms with Crippen molar-refractivity contribution in [3.05, 3.63) is 74.2 Å². The van der Waals surface area contributed by atoms with E-state index in [1.54, 1.807) is 18.3 Å². The molecule has 0 aliphatic rings. The van der Waals surface area contributed by atoms with Gasteiger partial charge in [0.2, 0.25) is 0 Å². The number of halogens is 1. The quantitative estimate of drug-likeness (QED) is 0.473. The molecule has 0 aliphatic carbocycles. The van der Waals surface area contributed by atoms with E-state index in [1.807, 2.05) is 24.3 Å². The molecule has 2 rings (SSSR count). The van der Waals surface area contributed by atoms with Gasteiger partial charge in [-0.15, -0.1) is 0 Å². The van der Waals surface area contributed by atoms with Gasteiger partial charge in [0.05, 0.1) is 11.1 Å². The lowest BCUT2D eigenvalue weighted by atomic mass is 10.2. The summed E-state index contributed by atoms with van der Waals surface area (Å²) in [4.78, 5) is 15.2. The minimum atomic E-state index is -0.434. The highest BCUT2D eigenvalue weighted by atomic mass is 79.9. The van der Waals surface area contributed by atoms with Crippen LogP contribution in [0.2, 0.25) is 0 Å². The first kappa shape index (κ1) is 14.2. The van der Waals surface area contributed by atoms with Crippen molar-refractivity contribution in [3.63, 3.8) is 0 Å². The lowest BCUT2D eigenvalue weighted by Gasteiger charge is -1.99. The van der Waals surface area contributed by atoms with Crippen LogP contribution in [-0.4, -0.2) is 11.1 Å². The second-order valence-electron chi connectivity index (χ2n) is 3.98. The predicted octanol–water partition coefficient (Wildman–Crippen LogP) is 3.91. The fraction of sp³-hybridized carbons (Fsp3) is 0.0714. The highest BCUT2D eigenvalue weighted by Crippen LogP contribution is 2.12. The van der Waals surface area contributed by atoms with E-state index in [4.69, 9.17) is 4.84 Å². The molecular formula is C14H11BrN2O3. The maximum absolute atomic E-state index is 10.5. The molecule has 0 unspecified atom stereocenters. The van der Waals surface area contributed by atoms with Crippen LogP contribution < -0.4 is 0 Å². The molecule has 0 amide bonds. The van der Waals surface area contributed by atoms with Crippen molar-refractivity contribution in [1.82, 2.24) is 0 Å². The van der Waals surface area contributed by atoms with Crippen LogP contribution in [-0.2, 0) is 11.4 Å². The molecule has 2 aromatic carbocycles. The van der Waals surface area contributed by atoms with Crippen molar-refractivity contribution < 1.29 is 9.76 Å². The van der Waals surface area contributed by atoms with E-state index in [0.29, 0.717) is 0 Å². The minimum Gasteiger partial charge on any atom is -0.391 e. The Labute approximate surface area is 124 Å². The molecule has 0 saturated carbocycles. The Kier molecular flexibility index (Phi) is 4.84. The summed E-state index contributed by atoms with van der Waals surface area (Å²) in [6, 6.07) is 13.8. The van der Waals surface area contributed by atoms with Crippen LogP contribution in [0.3, 0.4) is 0 Å². The molecule has 0 heterocycles. The molecule has 0 N–H and O–H groups in total. The van der Waals surface area contributed by atoms with E-state index >= 15 is 0 Å². The first-order chi connectivity index (χ1) is 9.65. The lowest BCUT2D eigenvalue weighted by Crippen LogP contribution is -1.91. The number of benzene rings is 2. The van der Waals surface area contributed by atoms with Crippen LogP contribution in [0.4, 0.5) is 5.69 Å². The van der Waals surface area contributed by atoms with E-state index in [2.05, 4.69) is 21.1 Å². The zero-order valence-corrected chi connectivity index (χ0v) is 12.0. The Morgan fingerprint density at radius 2 is 1.80 bits per heavy atom. The number of hydrogen-bond donors (Lipinski definition) is 0. The van der Waals surface area contributed by atoms with E-state index < -0.39 is 4.92 Å². The van der Waals surface area contributed by atoms with Gasteiger partial charge in [0, 0.05) is 16.6 Å². The summed E-state index contributed by atoms with van der Waals surface area (Å²) in [7, 11) is 0. The van der Waals surface area contributed by atoms with Crippen LogP contribution >= 0.6 is 15.9 Å². The summed E-state index contributed by atoms with van der Waals surface area (Å²) < 4.78 is 1.00. The van der Waals surface area contributed by atoms with Crippen LogP contribution in [0.5, 0.6) is 0 Å². The summed E-state index contributed by atoms with van der Waals surface area (Å²) in [6.07, 6.45) is 1.61. The maximum atomic E-state index is 10.5. The molecule has 0 radical (unpaired) electrons. The fourth-order valence-corrected chi connectivity index (χ4v) is 1.74. The number of nitro groups is 1. The molecule has 0 bridgehead atoms. The molecule has 0 spiro atoms. The first-order valence-corrected chi connectivity index (χ1v) is 6.59. The van der Waals surface area contributed by atoms with E-state index in [1.165, 1.54) is 12.1 Å². The Morgan fingerprint density at radius 3 is 2.40 bits per heavy atom. The van der Waals surface area contributed by atoms with Gasteiger partial charge < -0.3 is 4.84 Å². The summed E-state index contributed by atoms with van der Waals surface area (Å²) in [5.74, 6) is 0. The number of non-ortho nitro benzene ring substituents is 1. The average molecular weight is 335 g/mol. The van der Waals surface area contributed by atoms with Gasteiger partial charge in [-0.2, -0.15) is 0 Å². The largest absolute Gasteiger partial charge is 0.391 e. The standard InChI is InChI=1S/C14H11BrN2O3/c15-13-5-1-11(2-6-13)9-16-20-10-12-3-7-14(8-4-12)17(18)19/h1-9H,10H2/b16-9-. The second kappa shape index (κ2) is 6.81. The first-order valence-electron chi connectivity index (χ1n) is 5.79. The third kappa shape index (κ3) is 4.17. The Balaban J connectivity index is 1.86. The molecule has 102 valence electrons. The van der Waals surface area contributed by atoms with Gasteiger partial charge in [-0.25, -0.2) is 0 Å². The second-order valence-corrected chi connectivity index (χ2v) is 4.90. The maximum Gasteiger partial charge on any atom is 0.269 e. The third-order valence-electron chi connectivity index (χ3n) is 2.52. The van der Waals surface area contributed by atoms with Gasteiger partial charge in [0.1, 0.15) is 6.61 Å². The highest BCUT2D eigenvalue weighted by molar-refractivity contribution is 9.10.